The molecule has 0 spiro atoms. The molecular weight excluding hydrogens is 406 g/mol. The van der Waals surface area contributed by atoms with Gasteiger partial charge in [0.1, 0.15) is 5.75 Å². The van der Waals surface area contributed by atoms with Crippen LogP contribution in [0.25, 0.3) is 0 Å². The van der Waals surface area contributed by atoms with Crippen molar-refractivity contribution in [3.8, 4) is 5.75 Å². The number of primary amides is 1. The molecule has 0 bridgehead atoms. The Balaban J connectivity index is 1.76. The Kier molecular flexibility index (Phi) is 6.23. The van der Waals surface area contributed by atoms with Crippen molar-refractivity contribution >= 4 is 29.2 Å². The van der Waals surface area contributed by atoms with E-state index in [9.17, 15) is 14.4 Å². The Morgan fingerprint density at radius 1 is 1.03 bits per heavy atom. The van der Waals surface area contributed by atoms with Gasteiger partial charge in [0.25, 0.3) is 11.8 Å². The zero-order chi connectivity index (χ0) is 21.8. The average molecular weight is 426 g/mol. The molecule has 3 aromatic rings. The summed E-state index contributed by atoms with van der Waals surface area (Å²) in [5, 5.41) is 0.333. The van der Waals surface area contributed by atoms with Crippen molar-refractivity contribution in [3.63, 3.8) is 0 Å². The number of nitrogens with two attached hydrogens (primary N) is 1. The van der Waals surface area contributed by atoms with Crippen molar-refractivity contribution in [2.45, 2.75) is 13.8 Å². The van der Waals surface area contributed by atoms with E-state index in [0.29, 0.717) is 27.5 Å². The molecular formula is C22H20ClN3O4. The number of nitrogens with zero attached hydrogens (tertiary/aromatic N) is 1. The Morgan fingerprint density at radius 2 is 1.73 bits per heavy atom. The van der Waals surface area contributed by atoms with Crippen LogP contribution in [0.15, 0.2) is 54.6 Å². The van der Waals surface area contributed by atoms with Gasteiger partial charge in [0, 0.05) is 27.5 Å². The summed E-state index contributed by atoms with van der Waals surface area (Å²) in [5.74, 6) is -1.14. The fourth-order valence-corrected chi connectivity index (χ4v) is 3.19. The number of ketones is 1. The van der Waals surface area contributed by atoms with E-state index >= 15 is 0 Å². The highest BCUT2D eigenvalue weighted by molar-refractivity contribution is 6.31. The lowest BCUT2D eigenvalue weighted by Crippen LogP contribution is -2.25. The smallest absolute Gasteiger partial charge is 0.270 e. The molecule has 1 heterocycles. The van der Waals surface area contributed by atoms with Gasteiger partial charge in [-0.05, 0) is 50.2 Å². The zero-order valence-corrected chi connectivity index (χ0v) is 17.2. The molecule has 154 valence electrons. The molecule has 0 saturated heterocycles. The van der Waals surface area contributed by atoms with Crippen molar-refractivity contribution in [1.82, 2.24) is 4.68 Å². The summed E-state index contributed by atoms with van der Waals surface area (Å²) in [7, 11) is 0. The van der Waals surface area contributed by atoms with Gasteiger partial charge in [-0.25, -0.2) is 0 Å². The van der Waals surface area contributed by atoms with Crippen LogP contribution in [0.2, 0.25) is 5.02 Å². The van der Waals surface area contributed by atoms with Crippen LogP contribution in [0.5, 0.6) is 5.75 Å². The van der Waals surface area contributed by atoms with Gasteiger partial charge in [-0.2, -0.15) is 0 Å². The average Bonchev–Trinajstić information content (AvgIpc) is 3.01. The summed E-state index contributed by atoms with van der Waals surface area (Å²) in [5.41, 5.74) is 10.4. The maximum absolute atomic E-state index is 12.7. The predicted molar refractivity (Wildman–Crippen MR) is 114 cm³/mol. The molecule has 0 radical (unpaired) electrons. The number of hydrogen-bond donors (Lipinski definition) is 2. The SMILES string of the molecule is Cc1cc(C(=O)COc2ccc(Cl)cc2C(N)=O)c(C)n1NC(=O)c1ccccc1. The number of halogens is 1. The third-order valence-electron chi connectivity index (χ3n) is 4.55. The predicted octanol–water partition coefficient (Wildman–Crippen LogP) is 3.50. The summed E-state index contributed by atoms with van der Waals surface area (Å²) in [4.78, 5) is 36.7. The van der Waals surface area contributed by atoms with Crippen molar-refractivity contribution < 1.29 is 19.1 Å². The van der Waals surface area contributed by atoms with Gasteiger partial charge in [-0.15, -0.1) is 0 Å². The topological polar surface area (TPSA) is 103 Å². The van der Waals surface area contributed by atoms with E-state index in [-0.39, 0.29) is 29.6 Å². The number of carbonyl (C=O) groups is 3. The number of nitrogens with one attached hydrogen (secondary N) is 1. The molecule has 2 aromatic carbocycles. The third-order valence-corrected chi connectivity index (χ3v) is 4.78. The van der Waals surface area contributed by atoms with E-state index in [1.807, 2.05) is 6.07 Å². The molecule has 0 fully saturated rings. The second-order valence-corrected chi connectivity index (χ2v) is 7.08. The van der Waals surface area contributed by atoms with Crippen LogP contribution >= 0.6 is 11.6 Å². The van der Waals surface area contributed by atoms with Gasteiger partial charge in [-0.1, -0.05) is 29.8 Å². The van der Waals surface area contributed by atoms with Crippen LogP contribution in [0, 0.1) is 13.8 Å². The van der Waals surface area contributed by atoms with Crippen molar-refractivity contribution in [2.75, 3.05) is 12.0 Å². The first-order chi connectivity index (χ1) is 14.3. The monoisotopic (exact) mass is 425 g/mol. The van der Waals surface area contributed by atoms with Crippen molar-refractivity contribution in [1.29, 1.82) is 0 Å². The maximum atomic E-state index is 12.7. The van der Waals surface area contributed by atoms with Crippen LogP contribution in [0.3, 0.4) is 0 Å². The van der Waals surface area contributed by atoms with Crippen LogP contribution in [0.1, 0.15) is 42.5 Å². The lowest BCUT2D eigenvalue weighted by molar-refractivity contribution is 0.0911. The highest BCUT2D eigenvalue weighted by Crippen LogP contribution is 2.23. The molecule has 0 unspecified atom stereocenters. The summed E-state index contributed by atoms with van der Waals surface area (Å²) in [6.07, 6.45) is 0. The number of amides is 2. The number of hydrogen-bond acceptors (Lipinski definition) is 4. The number of carbonyl (C=O) groups excluding carboxylic acids is 3. The molecule has 8 heteroatoms. The molecule has 2 amide bonds. The lowest BCUT2D eigenvalue weighted by atomic mass is 10.1. The van der Waals surface area contributed by atoms with Gasteiger partial charge in [0.2, 0.25) is 5.78 Å². The second-order valence-electron chi connectivity index (χ2n) is 6.64. The van der Waals surface area contributed by atoms with E-state index in [4.69, 9.17) is 22.1 Å². The second kappa shape index (κ2) is 8.84. The normalized spacial score (nSPS) is 10.5. The largest absolute Gasteiger partial charge is 0.485 e. The molecule has 0 saturated carbocycles. The first-order valence-electron chi connectivity index (χ1n) is 9.08. The fraction of sp³-hybridized carbons (Fsp3) is 0.136. The van der Waals surface area contributed by atoms with E-state index in [2.05, 4.69) is 5.43 Å². The van der Waals surface area contributed by atoms with Crippen LogP contribution in [0.4, 0.5) is 0 Å². The van der Waals surface area contributed by atoms with E-state index in [0.717, 1.165) is 0 Å². The Morgan fingerprint density at radius 3 is 2.40 bits per heavy atom. The molecule has 30 heavy (non-hydrogen) atoms. The molecule has 0 atom stereocenters. The quantitative estimate of drug-likeness (QED) is 0.565. The van der Waals surface area contributed by atoms with Gasteiger partial charge >= 0.3 is 0 Å². The summed E-state index contributed by atoms with van der Waals surface area (Å²) in [6, 6.07) is 14.8. The minimum Gasteiger partial charge on any atom is -0.485 e. The number of aryl methyl sites for hydroxylation is 1. The van der Waals surface area contributed by atoms with Crippen molar-refractivity contribution in [3.05, 3.63) is 87.7 Å². The Bertz CT molecular complexity index is 1120. The Hall–Kier alpha value is -3.58. The minimum atomic E-state index is -0.707. The molecule has 3 N–H and O–H groups in total. The summed E-state index contributed by atoms with van der Waals surface area (Å²) in [6.45, 7) is 3.20. The van der Waals surface area contributed by atoms with E-state index < -0.39 is 5.91 Å². The van der Waals surface area contributed by atoms with Gasteiger partial charge in [-0.3, -0.25) is 24.5 Å². The number of rotatable bonds is 7. The van der Waals surface area contributed by atoms with Crippen LogP contribution in [-0.2, 0) is 0 Å². The minimum absolute atomic E-state index is 0.0934. The number of benzene rings is 2. The Labute approximate surface area is 178 Å². The molecule has 3 rings (SSSR count). The number of aromatic nitrogens is 1. The first-order valence-corrected chi connectivity index (χ1v) is 9.46. The third kappa shape index (κ3) is 4.52. The van der Waals surface area contributed by atoms with E-state index in [1.54, 1.807) is 54.9 Å². The lowest BCUT2D eigenvalue weighted by Gasteiger charge is -2.12. The van der Waals surface area contributed by atoms with Crippen molar-refractivity contribution in [2.24, 2.45) is 5.73 Å². The molecule has 1 aromatic heterocycles. The molecule has 0 aliphatic rings. The highest BCUT2D eigenvalue weighted by atomic mass is 35.5. The molecule has 7 nitrogen and oxygen atoms in total. The zero-order valence-electron chi connectivity index (χ0n) is 16.4. The van der Waals surface area contributed by atoms with E-state index in [1.165, 1.54) is 12.1 Å². The van der Waals surface area contributed by atoms with Gasteiger partial charge in [0.05, 0.1) is 5.56 Å². The summed E-state index contributed by atoms with van der Waals surface area (Å²) < 4.78 is 7.07. The fourth-order valence-electron chi connectivity index (χ4n) is 3.01. The maximum Gasteiger partial charge on any atom is 0.270 e. The number of Topliss-reactive ketones (excluding diaryl/α,β-unsaturated/α-hetero) is 1. The number of ether oxygens (including phenoxy) is 1. The first kappa shape index (κ1) is 21.1. The summed E-state index contributed by atoms with van der Waals surface area (Å²) >= 11 is 5.88. The van der Waals surface area contributed by atoms with Gasteiger partial charge < -0.3 is 10.5 Å². The highest BCUT2D eigenvalue weighted by Gasteiger charge is 2.19. The standard InChI is InChI=1S/C22H20ClN3O4/c1-13-10-17(14(2)26(13)25-22(29)15-6-4-3-5-7-15)19(27)12-30-20-9-8-16(23)11-18(20)21(24)28/h3-11H,12H2,1-2H3,(H2,24,28)(H,25,29). The van der Waals surface area contributed by atoms with Gasteiger partial charge in [0.15, 0.2) is 6.61 Å². The van der Waals surface area contributed by atoms with Crippen LogP contribution < -0.4 is 15.9 Å². The molecule has 0 aliphatic carbocycles. The van der Waals surface area contributed by atoms with Crippen LogP contribution in [-0.4, -0.2) is 28.9 Å². The molecule has 0 aliphatic heterocycles.